The molecule has 1 atom stereocenters. The zero-order chi connectivity index (χ0) is 12.4. The van der Waals surface area contributed by atoms with Gasteiger partial charge in [-0.1, -0.05) is 0 Å². The van der Waals surface area contributed by atoms with Crippen LogP contribution in [0.1, 0.15) is 12.8 Å². The van der Waals surface area contributed by atoms with Crippen molar-refractivity contribution in [2.24, 2.45) is 0 Å². The van der Waals surface area contributed by atoms with Gasteiger partial charge >= 0.3 is 0 Å². The molecule has 1 amide bonds. The molecular formula is C13H24N4O. The molecule has 0 aromatic carbocycles. The van der Waals surface area contributed by atoms with E-state index in [2.05, 4.69) is 15.1 Å². The SMILES string of the molecule is O=C(CN1CCN2CCCC2C1)N1CCNCC1. The molecule has 0 aliphatic carbocycles. The lowest BCUT2D eigenvalue weighted by Crippen LogP contribution is -2.54. The van der Waals surface area contributed by atoms with E-state index in [1.807, 2.05) is 4.90 Å². The minimum atomic E-state index is 0.322. The van der Waals surface area contributed by atoms with E-state index in [-0.39, 0.29) is 0 Å². The molecule has 0 saturated carbocycles. The van der Waals surface area contributed by atoms with Gasteiger partial charge < -0.3 is 10.2 Å². The van der Waals surface area contributed by atoms with Gasteiger partial charge in [0, 0.05) is 51.9 Å². The molecule has 0 radical (unpaired) electrons. The van der Waals surface area contributed by atoms with E-state index in [1.165, 1.54) is 19.4 Å². The summed E-state index contributed by atoms with van der Waals surface area (Å²) in [5.74, 6) is 0.322. The first kappa shape index (κ1) is 12.4. The highest BCUT2D eigenvalue weighted by molar-refractivity contribution is 5.78. The van der Waals surface area contributed by atoms with Crippen molar-refractivity contribution >= 4 is 5.91 Å². The van der Waals surface area contributed by atoms with Crippen LogP contribution in [0.5, 0.6) is 0 Å². The maximum absolute atomic E-state index is 12.2. The summed E-state index contributed by atoms with van der Waals surface area (Å²) >= 11 is 0. The van der Waals surface area contributed by atoms with E-state index < -0.39 is 0 Å². The van der Waals surface area contributed by atoms with E-state index in [9.17, 15) is 4.79 Å². The minimum absolute atomic E-state index is 0.322. The highest BCUT2D eigenvalue weighted by Gasteiger charge is 2.31. The Kier molecular flexibility index (Phi) is 3.82. The lowest BCUT2D eigenvalue weighted by atomic mass is 10.1. The van der Waals surface area contributed by atoms with Crippen molar-refractivity contribution in [3.05, 3.63) is 0 Å². The van der Waals surface area contributed by atoms with Gasteiger partial charge in [-0.2, -0.15) is 0 Å². The maximum atomic E-state index is 12.2. The minimum Gasteiger partial charge on any atom is -0.339 e. The molecule has 3 saturated heterocycles. The number of nitrogens with zero attached hydrogens (tertiary/aromatic N) is 3. The zero-order valence-corrected chi connectivity index (χ0v) is 11.1. The van der Waals surface area contributed by atoms with Crippen LogP contribution in [-0.4, -0.2) is 85.6 Å². The second-order valence-corrected chi connectivity index (χ2v) is 5.70. The van der Waals surface area contributed by atoms with Crippen LogP contribution in [0.3, 0.4) is 0 Å². The summed E-state index contributed by atoms with van der Waals surface area (Å²) in [6.45, 7) is 8.86. The van der Waals surface area contributed by atoms with Gasteiger partial charge in [-0.3, -0.25) is 14.6 Å². The molecule has 5 nitrogen and oxygen atoms in total. The maximum Gasteiger partial charge on any atom is 0.236 e. The van der Waals surface area contributed by atoms with Gasteiger partial charge in [-0.15, -0.1) is 0 Å². The normalized spacial score (nSPS) is 30.4. The highest BCUT2D eigenvalue weighted by atomic mass is 16.2. The molecule has 18 heavy (non-hydrogen) atoms. The predicted octanol–water partition coefficient (Wildman–Crippen LogP) is -0.802. The van der Waals surface area contributed by atoms with Crippen LogP contribution < -0.4 is 5.32 Å². The molecular weight excluding hydrogens is 228 g/mol. The third-order valence-corrected chi connectivity index (χ3v) is 4.50. The molecule has 0 aromatic heterocycles. The fourth-order valence-electron chi connectivity index (χ4n) is 3.40. The summed E-state index contributed by atoms with van der Waals surface area (Å²) in [5, 5.41) is 3.29. The van der Waals surface area contributed by atoms with Gasteiger partial charge in [0.1, 0.15) is 0 Å². The Balaban J connectivity index is 1.48. The molecule has 1 unspecified atom stereocenters. The first-order valence-corrected chi connectivity index (χ1v) is 7.28. The Morgan fingerprint density at radius 2 is 1.94 bits per heavy atom. The van der Waals surface area contributed by atoms with Crippen LogP contribution in [-0.2, 0) is 4.79 Å². The third-order valence-electron chi connectivity index (χ3n) is 4.50. The van der Waals surface area contributed by atoms with Crippen LogP contribution in [0.25, 0.3) is 0 Å². The predicted molar refractivity (Wildman–Crippen MR) is 70.5 cm³/mol. The van der Waals surface area contributed by atoms with E-state index in [1.54, 1.807) is 0 Å². The number of carbonyl (C=O) groups excluding carboxylic acids is 1. The number of amides is 1. The molecule has 3 fully saturated rings. The second kappa shape index (κ2) is 5.55. The number of rotatable bonds is 2. The summed E-state index contributed by atoms with van der Waals surface area (Å²) in [7, 11) is 0. The number of hydrogen-bond acceptors (Lipinski definition) is 4. The van der Waals surface area contributed by atoms with Crippen molar-refractivity contribution in [1.29, 1.82) is 0 Å². The number of carbonyl (C=O) groups is 1. The number of fused-ring (bicyclic) bond motifs is 1. The lowest BCUT2D eigenvalue weighted by molar-refractivity contribution is -0.133. The molecule has 3 rings (SSSR count). The Morgan fingerprint density at radius 1 is 1.11 bits per heavy atom. The molecule has 0 spiro atoms. The van der Waals surface area contributed by atoms with Crippen LogP contribution in [0.2, 0.25) is 0 Å². The van der Waals surface area contributed by atoms with Crippen LogP contribution >= 0.6 is 0 Å². The second-order valence-electron chi connectivity index (χ2n) is 5.70. The largest absolute Gasteiger partial charge is 0.339 e. The molecule has 3 aliphatic rings. The van der Waals surface area contributed by atoms with Crippen LogP contribution in [0, 0.1) is 0 Å². The first-order chi connectivity index (χ1) is 8.83. The number of hydrogen-bond donors (Lipinski definition) is 1. The number of nitrogens with one attached hydrogen (secondary N) is 1. The fourth-order valence-corrected chi connectivity index (χ4v) is 3.40. The molecule has 0 aromatic rings. The Morgan fingerprint density at radius 3 is 2.78 bits per heavy atom. The van der Waals surface area contributed by atoms with Gasteiger partial charge in [0.15, 0.2) is 0 Å². The average molecular weight is 252 g/mol. The van der Waals surface area contributed by atoms with Crippen LogP contribution in [0.15, 0.2) is 0 Å². The Hall–Kier alpha value is -0.650. The highest BCUT2D eigenvalue weighted by Crippen LogP contribution is 2.21. The van der Waals surface area contributed by atoms with Crippen molar-refractivity contribution in [1.82, 2.24) is 20.0 Å². The van der Waals surface area contributed by atoms with E-state index >= 15 is 0 Å². The number of piperazine rings is 2. The fraction of sp³-hybridized carbons (Fsp3) is 0.923. The first-order valence-electron chi connectivity index (χ1n) is 7.28. The van der Waals surface area contributed by atoms with E-state index in [0.717, 1.165) is 51.9 Å². The van der Waals surface area contributed by atoms with Crippen molar-refractivity contribution in [2.75, 3.05) is 58.9 Å². The van der Waals surface area contributed by atoms with Crippen molar-refractivity contribution in [2.45, 2.75) is 18.9 Å². The van der Waals surface area contributed by atoms with Gasteiger partial charge in [-0.25, -0.2) is 0 Å². The van der Waals surface area contributed by atoms with Crippen LogP contribution in [0.4, 0.5) is 0 Å². The van der Waals surface area contributed by atoms with Crippen molar-refractivity contribution in [3.8, 4) is 0 Å². The molecule has 0 bridgehead atoms. The lowest BCUT2D eigenvalue weighted by Gasteiger charge is -2.38. The van der Waals surface area contributed by atoms with Gasteiger partial charge in [0.25, 0.3) is 0 Å². The summed E-state index contributed by atoms with van der Waals surface area (Å²) in [5.41, 5.74) is 0. The van der Waals surface area contributed by atoms with Crippen molar-refractivity contribution in [3.63, 3.8) is 0 Å². The monoisotopic (exact) mass is 252 g/mol. The van der Waals surface area contributed by atoms with Crippen molar-refractivity contribution < 1.29 is 4.79 Å². The molecule has 3 heterocycles. The molecule has 102 valence electrons. The van der Waals surface area contributed by atoms with Gasteiger partial charge in [-0.05, 0) is 19.4 Å². The van der Waals surface area contributed by atoms with E-state index in [4.69, 9.17) is 0 Å². The smallest absolute Gasteiger partial charge is 0.236 e. The summed E-state index contributed by atoms with van der Waals surface area (Å²) < 4.78 is 0. The van der Waals surface area contributed by atoms with E-state index in [0.29, 0.717) is 12.5 Å². The Bertz CT molecular complexity index is 303. The third kappa shape index (κ3) is 2.68. The standard InChI is InChI=1S/C13H24N4O/c18-13(17-6-3-14-4-7-17)11-15-8-9-16-5-1-2-12(16)10-15/h12,14H,1-11H2. The molecule has 3 aliphatic heterocycles. The van der Waals surface area contributed by atoms with Gasteiger partial charge in [0.2, 0.25) is 5.91 Å². The average Bonchev–Trinajstić information content (AvgIpc) is 2.87. The Labute approximate surface area is 109 Å². The molecule has 5 heteroatoms. The summed E-state index contributed by atoms with van der Waals surface area (Å²) in [4.78, 5) is 19.2. The molecule has 1 N–H and O–H groups in total. The quantitative estimate of drug-likeness (QED) is 0.698. The van der Waals surface area contributed by atoms with Gasteiger partial charge in [0.05, 0.1) is 6.54 Å². The zero-order valence-electron chi connectivity index (χ0n) is 11.1. The summed E-state index contributed by atoms with van der Waals surface area (Å²) in [6, 6.07) is 0.717. The summed E-state index contributed by atoms with van der Waals surface area (Å²) in [6.07, 6.45) is 2.66. The topological polar surface area (TPSA) is 38.8 Å².